The number of hydrogen-bond acceptors (Lipinski definition) is 6. The Bertz CT molecular complexity index is 978. The molecule has 0 rings (SSSR count). The molecule has 0 N–H and O–H groups in total. The summed E-state index contributed by atoms with van der Waals surface area (Å²) in [5.74, 6) is 1.69. The van der Waals surface area contributed by atoms with Gasteiger partial charge < -0.3 is 14.2 Å². The molecular formula is C57H110O6. The predicted molar refractivity (Wildman–Crippen MR) is 270 cm³/mol. The Kier molecular flexibility index (Phi) is 47.1. The second-order valence-corrected chi connectivity index (χ2v) is 20.8. The van der Waals surface area contributed by atoms with Gasteiger partial charge in [0.15, 0.2) is 6.10 Å². The van der Waals surface area contributed by atoms with Crippen LogP contribution in [0.3, 0.4) is 0 Å². The van der Waals surface area contributed by atoms with Crippen molar-refractivity contribution < 1.29 is 28.6 Å². The van der Waals surface area contributed by atoms with Crippen molar-refractivity contribution >= 4 is 17.9 Å². The Balaban J connectivity index is 4.30. The average Bonchev–Trinajstić information content (AvgIpc) is 3.25. The molecule has 0 bridgehead atoms. The summed E-state index contributed by atoms with van der Waals surface area (Å²) < 4.78 is 16.9. The van der Waals surface area contributed by atoms with Crippen LogP contribution in [-0.4, -0.2) is 37.2 Å². The third-order valence-corrected chi connectivity index (χ3v) is 13.3. The Morgan fingerprint density at radius 1 is 0.317 bits per heavy atom. The summed E-state index contributed by atoms with van der Waals surface area (Å²) in [5.41, 5.74) is 0. The lowest BCUT2D eigenvalue weighted by atomic mass is 9.99. The van der Waals surface area contributed by atoms with Crippen molar-refractivity contribution in [2.45, 2.75) is 317 Å². The largest absolute Gasteiger partial charge is 0.462 e. The third-order valence-electron chi connectivity index (χ3n) is 13.3. The van der Waals surface area contributed by atoms with E-state index in [9.17, 15) is 14.4 Å². The van der Waals surface area contributed by atoms with Crippen LogP contribution in [-0.2, 0) is 28.6 Å². The molecule has 0 spiro atoms. The van der Waals surface area contributed by atoms with Crippen molar-refractivity contribution in [3.63, 3.8) is 0 Å². The summed E-state index contributed by atoms with van der Waals surface area (Å²) in [4.78, 5) is 38.1. The summed E-state index contributed by atoms with van der Waals surface area (Å²) in [7, 11) is 0. The first kappa shape index (κ1) is 61.4. The molecule has 0 aliphatic heterocycles. The lowest BCUT2D eigenvalue weighted by Gasteiger charge is -2.18. The quantitative estimate of drug-likeness (QED) is 0.0344. The molecule has 6 nitrogen and oxygen atoms in total. The molecule has 0 amide bonds. The van der Waals surface area contributed by atoms with E-state index in [2.05, 4.69) is 41.5 Å². The molecule has 0 fully saturated rings. The van der Waals surface area contributed by atoms with E-state index in [-0.39, 0.29) is 31.1 Å². The third kappa shape index (κ3) is 49.7. The number of hydrogen-bond donors (Lipinski definition) is 0. The van der Waals surface area contributed by atoms with Crippen molar-refractivity contribution in [1.29, 1.82) is 0 Å². The Morgan fingerprint density at radius 3 is 0.825 bits per heavy atom. The van der Waals surface area contributed by atoms with E-state index in [1.54, 1.807) is 0 Å². The van der Waals surface area contributed by atoms with Gasteiger partial charge in [-0.25, -0.2) is 0 Å². The summed E-state index contributed by atoms with van der Waals surface area (Å²) in [6, 6.07) is 0. The van der Waals surface area contributed by atoms with E-state index in [1.165, 1.54) is 193 Å². The number of ether oxygens (including phenoxy) is 3. The molecule has 1 unspecified atom stereocenters. The van der Waals surface area contributed by atoms with Crippen molar-refractivity contribution in [1.82, 2.24) is 0 Å². The second kappa shape index (κ2) is 48.3. The van der Waals surface area contributed by atoms with E-state index in [0.29, 0.717) is 19.3 Å². The van der Waals surface area contributed by atoms with Crippen molar-refractivity contribution in [2.24, 2.45) is 17.8 Å². The fourth-order valence-corrected chi connectivity index (χ4v) is 8.61. The lowest BCUT2D eigenvalue weighted by Crippen LogP contribution is -2.30. The number of esters is 3. The second-order valence-electron chi connectivity index (χ2n) is 20.8. The molecule has 0 aromatic carbocycles. The maximum atomic E-state index is 12.8. The van der Waals surface area contributed by atoms with Gasteiger partial charge in [-0.1, -0.05) is 273 Å². The van der Waals surface area contributed by atoms with Gasteiger partial charge in [0.05, 0.1) is 0 Å². The fraction of sp³-hybridized carbons (Fsp3) is 0.947. The minimum atomic E-state index is -0.763. The van der Waals surface area contributed by atoms with E-state index in [1.807, 2.05) is 0 Å². The minimum Gasteiger partial charge on any atom is -0.462 e. The van der Waals surface area contributed by atoms with Gasteiger partial charge in [0, 0.05) is 19.3 Å². The number of rotatable bonds is 50. The zero-order valence-corrected chi connectivity index (χ0v) is 43.4. The maximum Gasteiger partial charge on any atom is 0.306 e. The van der Waals surface area contributed by atoms with Gasteiger partial charge in [0.2, 0.25) is 0 Å². The fourth-order valence-electron chi connectivity index (χ4n) is 8.61. The van der Waals surface area contributed by atoms with E-state index in [0.717, 1.165) is 75.5 Å². The minimum absolute atomic E-state index is 0.0641. The average molecular weight is 892 g/mol. The summed E-state index contributed by atoms with van der Waals surface area (Å²) in [5, 5.41) is 0. The molecule has 0 aliphatic rings. The van der Waals surface area contributed by atoms with Crippen LogP contribution in [0.15, 0.2) is 0 Å². The van der Waals surface area contributed by atoms with Gasteiger partial charge in [-0.15, -0.1) is 0 Å². The van der Waals surface area contributed by atoms with Gasteiger partial charge >= 0.3 is 17.9 Å². The highest BCUT2D eigenvalue weighted by atomic mass is 16.6. The molecule has 0 saturated heterocycles. The van der Waals surface area contributed by atoms with Crippen LogP contribution >= 0.6 is 0 Å². The summed E-state index contributed by atoms with van der Waals surface area (Å²) in [6.07, 6.45) is 49.4. The molecule has 0 radical (unpaired) electrons. The SMILES string of the molecule is CCC(C)CCCCCCCCCCCCCCCCC(=O)O[C@H](COC(=O)CCCCCCCCCCCCCCC(C)C)COC(=O)CCCCCCCCCCCC(C)C. The standard InChI is InChI=1S/C57H110O6/c1-7-53(6)45-39-33-27-21-15-10-8-9-11-17-23-30-36-42-48-57(60)63-54(50-62-56(59)47-41-35-29-24-18-20-26-32-38-44-52(4)5)49-61-55(58)46-40-34-28-22-16-13-12-14-19-25-31-37-43-51(2)3/h51-54H,7-50H2,1-6H3/t53?,54-/m1/s1. The van der Waals surface area contributed by atoms with Crippen LogP contribution < -0.4 is 0 Å². The zero-order chi connectivity index (χ0) is 46.3. The first-order valence-electron chi connectivity index (χ1n) is 28.1. The van der Waals surface area contributed by atoms with Gasteiger partial charge in [-0.3, -0.25) is 14.4 Å². The van der Waals surface area contributed by atoms with Crippen LogP contribution in [0, 0.1) is 17.8 Å². The molecular weight excluding hydrogens is 781 g/mol. The Hall–Kier alpha value is -1.59. The van der Waals surface area contributed by atoms with Crippen LogP contribution in [0.4, 0.5) is 0 Å². The molecule has 0 saturated carbocycles. The smallest absolute Gasteiger partial charge is 0.306 e. The monoisotopic (exact) mass is 891 g/mol. The molecule has 0 aromatic heterocycles. The highest BCUT2D eigenvalue weighted by molar-refractivity contribution is 5.71. The van der Waals surface area contributed by atoms with Gasteiger partial charge in [0.1, 0.15) is 13.2 Å². The molecule has 0 aromatic rings. The van der Waals surface area contributed by atoms with Crippen molar-refractivity contribution in [3.8, 4) is 0 Å². The summed E-state index contributed by atoms with van der Waals surface area (Å²) in [6.45, 7) is 13.8. The molecule has 6 heteroatoms. The van der Waals surface area contributed by atoms with Gasteiger partial charge in [0.25, 0.3) is 0 Å². The van der Waals surface area contributed by atoms with Gasteiger partial charge in [-0.2, -0.15) is 0 Å². The summed E-state index contributed by atoms with van der Waals surface area (Å²) >= 11 is 0. The number of carbonyl (C=O) groups excluding carboxylic acids is 3. The normalized spacial score (nSPS) is 12.6. The van der Waals surface area contributed by atoms with Crippen LogP contribution in [0.2, 0.25) is 0 Å². The Morgan fingerprint density at radius 2 is 0.556 bits per heavy atom. The molecule has 2 atom stereocenters. The molecule has 374 valence electrons. The van der Waals surface area contributed by atoms with E-state index in [4.69, 9.17) is 14.2 Å². The molecule has 0 aliphatic carbocycles. The first-order valence-corrected chi connectivity index (χ1v) is 28.1. The molecule has 63 heavy (non-hydrogen) atoms. The van der Waals surface area contributed by atoms with Crippen molar-refractivity contribution in [3.05, 3.63) is 0 Å². The zero-order valence-electron chi connectivity index (χ0n) is 43.4. The topological polar surface area (TPSA) is 78.9 Å². The highest BCUT2D eigenvalue weighted by Gasteiger charge is 2.19. The first-order chi connectivity index (χ1) is 30.6. The van der Waals surface area contributed by atoms with Crippen LogP contribution in [0.1, 0.15) is 311 Å². The van der Waals surface area contributed by atoms with Crippen LogP contribution in [0.5, 0.6) is 0 Å². The predicted octanol–water partition coefficient (Wildman–Crippen LogP) is 18.3. The van der Waals surface area contributed by atoms with E-state index >= 15 is 0 Å². The van der Waals surface area contributed by atoms with Crippen molar-refractivity contribution in [2.75, 3.05) is 13.2 Å². The van der Waals surface area contributed by atoms with Gasteiger partial charge in [-0.05, 0) is 37.0 Å². The maximum absolute atomic E-state index is 12.8. The van der Waals surface area contributed by atoms with Crippen LogP contribution in [0.25, 0.3) is 0 Å². The Labute approximate surface area is 393 Å². The lowest BCUT2D eigenvalue weighted by molar-refractivity contribution is -0.167. The van der Waals surface area contributed by atoms with E-state index < -0.39 is 6.10 Å². The number of carbonyl (C=O) groups is 3. The highest BCUT2D eigenvalue weighted by Crippen LogP contribution is 2.19. The molecule has 0 heterocycles. The number of unbranched alkanes of at least 4 members (excludes halogenated alkanes) is 32.